The van der Waals surface area contributed by atoms with Crippen LogP contribution in [0.1, 0.15) is 15.9 Å². The van der Waals surface area contributed by atoms with E-state index in [4.69, 9.17) is 11.6 Å². The monoisotopic (exact) mass is 290 g/mol. The fraction of sp³-hybridized carbons (Fsp3) is 0.214. The van der Waals surface area contributed by atoms with Gasteiger partial charge in [-0.15, -0.1) is 0 Å². The van der Waals surface area contributed by atoms with Crippen LogP contribution in [-0.4, -0.2) is 30.0 Å². The van der Waals surface area contributed by atoms with Gasteiger partial charge in [-0.3, -0.25) is 9.78 Å². The van der Waals surface area contributed by atoms with E-state index in [9.17, 15) is 4.79 Å². The minimum atomic E-state index is -0.186. The van der Waals surface area contributed by atoms with Gasteiger partial charge in [-0.2, -0.15) is 0 Å². The molecular weight excluding hydrogens is 276 g/mol. The summed E-state index contributed by atoms with van der Waals surface area (Å²) in [5.41, 5.74) is 1.48. The van der Waals surface area contributed by atoms with Crippen molar-refractivity contribution in [3.63, 3.8) is 0 Å². The molecule has 1 amide bonds. The van der Waals surface area contributed by atoms with Crippen LogP contribution in [0, 0.1) is 0 Å². The fourth-order valence-corrected chi connectivity index (χ4v) is 1.83. The Labute approximate surface area is 122 Å². The molecule has 5 nitrogen and oxygen atoms in total. The Morgan fingerprint density at radius 3 is 2.65 bits per heavy atom. The molecule has 0 saturated heterocycles. The lowest BCUT2D eigenvalue weighted by Crippen LogP contribution is -2.23. The summed E-state index contributed by atoms with van der Waals surface area (Å²) in [5.74, 6) is 0.459. The molecule has 0 saturated carbocycles. The number of nitrogens with one attached hydrogen (secondary N) is 1. The van der Waals surface area contributed by atoms with Gasteiger partial charge in [0.2, 0.25) is 0 Å². The van der Waals surface area contributed by atoms with E-state index in [-0.39, 0.29) is 5.91 Å². The number of aromatic nitrogens is 2. The number of halogens is 1. The Morgan fingerprint density at radius 1 is 1.30 bits per heavy atom. The van der Waals surface area contributed by atoms with Crippen molar-refractivity contribution < 1.29 is 4.79 Å². The van der Waals surface area contributed by atoms with Gasteiger partial charge in [0.25, 0.3) is 5.91 Å². The van der Waals surface area contributed by atoms with Crippen molar-refractivity contribution >= 4 is 23.3 Å². The molecule has 0 aliphatic carbocycles. The van der Waals surface area contributed by atoms with Crippen molar-refractivity contribution in [1.29, 1.82) is 0 Å². The highest BCUT2D eigenvalue weighted by molar-refractivity contribution is 6.29. The Bertz CT molecular complexity index is 601. The zero-order chi connectivity index (χ0) is 14.5. The number of carbonyl (C=O) groups excluding carboxylic acids is 1. The smallest absolute Gasteiger partial charge is 0.251 e. The van der Waals surface area contributed by atoms with Crippen LogP contribution in [0.15, 0.2) is 36.7 Å². The molecule has 0 spiro atoms. The zero-order valence-electron chi connectivity index (χ0n) is 11.3. The lowest BCUT2D eigenvalue weighted by atomic mass is 10.2. The topological polar surface area (TPSA) is 58.1 Å². The SMILES string of the molecule is CN(C)c1cc(C(=O)NCc2ccncc2)cc(Cl)n1. The van der Waals surface area contributed by atoms with Crippen LogP contribution in [0.4, 0.5) is 5.82 Å². The van der Waals surface area contributed by atoms with Crippen LogP contribution in [-0.2, 0) is 6.54 Å². The van der Waals surface area contributed by atoms with E-state index >= 15 is 0 Å². The van der Waals surface area contributed by atoms with Crippen molar-refractivity contribution in [2.24, 2.45) is 0 Å². The molecule has 104 valence electrons. The number of hydrogen-bond acceptors (Lipinski definition) is 4. The molecule has 0 aliphatic heterocycles. The molecule has 20 heavy (non-hydrogen) atoms. The van der Waals surface area contributed by atoms with Crippen LogP contribution < -0.4 is 10.2 Å². The minimum absolute atomic E-state index is 0.186. The molecule has 2 aromatic rings. The first-order valence-corrected chi connectivity index (χ1v) is 6.46. The summed E-state index contributed by atoms with van der Waals surface area (Å²) in [7, 11) is 3.69. The molecule has 0 fully saturated rings. The van der Waals surface area contributed by atoms with Crippen molar-refractivity contribution in [3.05, 3.63) is 52.9 Å². The standard InChI is InChI=1S/C14H15ClN4O/c1-19(2)13-8-11(7-12(15)18-13)14(20)17-9-10-3-5-16-6-4-10/h3-8H,9H2,1-2H3,(H,17,20). The third-order valence-electron chi connectivity index (χ3n) is 2.70. The molecule has 0 aromatic carbocycles. The molecular formula is C14H15ClN4O. The summed E-state index contributed by atoms with van der Waals surface area (Å²) in [6.07, 6.45) is 3.38. The average Bonchev–Trinajstić information content (AvgIpc) is 2.45. The van der Waals surface area contributed by atoms with Gasteiger partial charge in [0, 0.05) is 38.6 Å². The van der Waals surface area contributed by atoms with Gasteiger partial charge in [-0.25, -0.2) is 4.98 Å². The van der Waals surface area contributed by atoms with Gasteiger partial charge in [-0.1, -0.05) is 11.6 Å². The third-order valence-corrected chi connectivity index (χ3v) is 2.90. The van der Waals surface area contributed by atoms with Crippen molar-refractivity contribution in [3.8, 4) is 0 Å². The number of rotatable bonds is 4. The molecule has 1 N–H and O–H groups in total. The Morgan fingerprint density at radius 2 is 2.00 bits per heavy atom. The van der Waals surface area contributed by atoms with E-state index in [1.807, 2.05) is 26.2 Å². The van der Waals surface area contributed by atoms with Crippen molar-refractivity contribution in [2.75, 3.05) is 19.0 Å². The molecule has 0 atom stereocenters. The minimum Gasteiger partial charge on any atom is -0.363 e. The van der Waals surface area contributed by atoms with Gasteiger partial charge in [0.15, 0.2) is 0 Å². The van der Waals surface area contributed by atoms with E-state index < -0.39 is 0 Å². The fourth-order valence-electron chi connectivity index (χ4n) is 1.63. The largest absolute Gasteiger partial charge is 0.363 e. The molecule has 0 radical (unpaired) electrons. The zero-order valence-corrected chi connectivity index (χ0v) is 12.1. The van der Waals surface area contributed by atoms with E-state index in [1.165, 1.54) is 0 Å². The molecule has 0 bridgehead atoms. The first-order valence-electron chi connectivity index (χ1n) is 6.08. The first-order chi connectivity index (χ1) is 9.56. The van der Waals surface area contributed by atoms with Gasteiger partial charge >= 0.3 is 0 Å². The van der Waals surface area contributed by atoms with Gasteiger partial charge in [-0.05, 0) is 29.8 Å². The van der Waals surface area contributed by atoms with E-state index in [0.717, 1.165) is 5.56 Å². The average molecular weight is 291 g/mol. The molecule has 0 unspecified atom stereocenters. The Hall–Kier alpha value is -2.14. The lowest BCUT2D eigenvalue weighted by molar-refractivity contribution is 0.0951. The molecule has 2 heterocycles. The van der Waals surface area contributed by atoms with E-state index in [1.54, 1.807) is 29.4 Å². The van der Waals surface area contributed by atoms with Crippen LogP contribution in [0.3, 0.4) is 0 Å². The van der Waals surface area contributed by atoms with Gasteiger partial charge < -0.3 is 10.2 Å². The normalized spacial score (nSPS) is 10.2. The highest BCUT2D eigenvalue weighted by Crippen LogP contribution is 2.16. The summed E-state index contributed by atoms with van der Waals surface area (Å²) in [6, 6.07) is 6.96. The number of carbonyl (C=O) groups is 1. The van der Waals surface area contributed by atoms with Crippen LogP contribution in [0.2, 0.25) is 5.15 Å². The van der Waals surface area contributed by atoms with Gasteiger partial charge in [0.1, 0.15) is 11.0 Å². The number of anilines is 1. The van der Waals surface area contributed by atoms with Crippen molar-refractivity contribution in [1.82, 2.24) is 15.3 Å². The predicted molar refractivity (Wildman–Crippen MR) is 79.0 cm³/mol. The second-order valence-corrected chi connectivity index (χ2v) is 4.86. The van der Waals surface area contributed by atoms with Crippen LogP contribution >= 0.6 is 11.6 Å². The number of amides is 1. The number of hydrogen-bond donors (Lipinski definition) is 1. The molecule has 2 rings (SSSR count). The summed E-state index contributed by atoms with van der Waals surface area (Å²) >= 11 is 5.93. The Balaban J connectivity index is 2.09. The lowest BCUT2D eigenvalue weighted by Gasteiger charge is -2.13. The number of nitrogens with zero attached hydrogens (tertiary/aromatic N) is 3. The number of pyridine rings is 2. The van der Waals surface area contributed by atoms with Crippen LogP contribution in [0.25, 0.3) is 0 Å². The predicted octanol–water partition coefficient (Wildman–Crippen LogP) is 2.13. The summed E-state index contributed by atoms with van der Waals surface area (Å²) in [6.45, 7) is 0.443. The summed E-state index contributed by atoms with van der Waals surface area (Å²) < 4.78 is 0. The van der Waals surface area contributed by atoms with Crippen LogP contribution in [0.5, 0.6) is 0 Å². The summed E-state index contributed by atoms with van der Waals surface area (Å²) in [4.78, 5) is 22.0. The maximum atomic E-state index is 12.1. The quantitative estimate of drug-likeness (QED) is 0.877. The maximum Gasteiger partial charge on any atom is 0.251 e. The molecule has 0 aliphatic rings. The maximum absolute atomic E-state index is 12.1. The third kappa shape index (κ3) is 3.68. The summed E-state index contributed by atoms with van der Waals surface area (Å²) in [5, 5.41) is 3.13. The van der Waals surface area contributed by atoms with E-state index in [0.29, 0.717) is 23.1 Å². The molecule has 2 aromatic heterocycles. The highest BCUT2D eigenvalue weighted by atomic mass is 35.5. The van der Waals surface area contributed by atoms with E-state index in [2.05, 4.69) is 15.3 Å². The second-order valence-electron chi connectivity index (χ2n) is 4.47. The molecule has 6 heteroatoms. The first kappa shape index (κ1) is 14.3. The highest BCUT2D eigenvalue weighted by Gasteiger charge is 2.10. The Kier molecular flexibility index (Phi) is 4.53. The van der Waals surface area contributed by atoms with Gasteiger partial charge in [0.05, 0.1) is 0 Å². The van der Waals surface area contributed by atoms with Crippen molar-refractivity contribution in [2.45, 2.75) is 6.54 Å². The second kappa shape index (κ2) is 6.34.